The van der Waals surface area contributed by atoms with E-state index in [0.717, 1.165) is 13.1 Å². The summed E-state index contributed by atoms with van der Waals surface area (Å²) in [5.41, 5.74) is 0. The number of nitrogens with zero attached hydrogens (tertiary/aromatic N) is 1. The molecule has 0 aromatic carbocycles. The second kappa shape index (κ2) is 15.3. The highest BCUT2D eigenvalue weighted by atomic mass is 16.4. The van der Waals surface area contributed by atoms with Gasteiger partial charge in [0.1, 0.15) is 6.04 Å². The molecule has 0 heterocycles. The monoisotopic (exact) mass is 316 g/mol. The Labute approximate surface area is 136 Å². The van der Waals surface area contributed by atoms with Crippen molar-refractivity contribution in [2.75, 3.05) is 32.8 Å². The normalized spacial score (nSPS) is 12.7. The molecule has 132 valence electrons. The van der Waals surface area contributed by atoms with Crippen LogP contribution < -0.4 is 5.32 Å². The van der Waals surface area contributed by atoms with Gasteiger partial charge < -0.3 is 15.5 Å². The van der Waals surface area contributed by atoms with Gasteiger partial charge in [0.25, 0.3) is 0 Å². The second-order valence-electron chi connectivity index (χ2n) is 6.00. The standard InChI is InChI=1S/C17H36N2O3/c1-3-4-5-6-7-8-9-10-11-18-12-13-19(14-15-20)16(2)17(21)22/h16,18,20H,3-15H2,1-2H3,(H,21,22). The number of carboxylic acid groups (broad SMARTS) is 1. The van der Waals surface area contributed by atoms with Crippen LogP contribution in [0.25, 0.3) is 0 Å². The summed E-state index contributed by atoms with van der Waals surface area (Å²) in [5, 5.41) is 21.4. The van der Waals surface area contributed by atoms with Gasteiger partial charge in [-0.1, -0.05) is 51.9 Å². The average molecular weight is 316 g/mol. The molecule has 0 amide bonds. The van der Waals surface area contributed by atoms with Crippen molar-refractivity contribution in [3.8, 4) is 0 Å². The van der Waals surface area contributed by atoms with Gasteiger partial charge >= 0.3 is 5.97 Å². The van der Waals surface area contributed by atoms with Gasteiger partial charge in [-0.2, -0.15) is 0 Å². The van der Waals surface area contributed by atoms with Crippen molar-refractivity contribution >= 4 is 5.97 Å². The Morgan fingerprint density at radius 2 is 1.59 bits per heavy atom. The van der Waals surface area contributed by atoms with Crippen molar-refractivity contribution in [2.45, 2.75) is 71.3 Å². The fourth-order valence-electron chi connectivity index (χ4n) is 2.52. The molecule has 0 saturated heterocycles. The summed E-state index contributed by atoms with van der Waals surface area (Å²) in [6, 6.07) is -0.544. The van der Waals surface area contributed by atoms with Gasteiger partial charge in [-0.3, -0.25) is 9.69 Å². The zero-order valence-corrected chi connectivity index (χ0v) is 14.5. The lowest BCUT2D eigenvalue weighted by molar-refractivity contribution is -0.142. The van der Waals surface area contributed by atoms with Crippen LogP contribution in [0.1, 0.15) is 65.2 Å². The minimum atomic E-state index is -0.837. The van der Waals surface area contributed by atoms with Gasteiger partial charge in [-0.15, -0.1) is 0 Å². The Hall–Kier alpha value is -0.650. The zero-order chi connectivity index (χ0) is 16.6. The molecule has 5 heteroatoms. The highest BCUT2D eigenvalue weighted by Crippen LogP contribution is 2.07. The van der Waals surface area contributed by atoms with Crippen LogP contribution in [-0.2, 0) is 4.79 Å². The predicted octanol–water partition coefficient (Wildman–Crippen LogP) is 2.48. The Bertz CT molecular complexity index is 262. The van der Waals surface area contributed by atoms with Crippen LogP contribution in [0.4, 0.5) is 0 Å². The van der Waals surface area contributed by atoms with Gasteiger partial charge in [-0.05, 0) is 19.9 Å². The van der Waals surface area contributed by atoms with Crippen LogP contribution in [0.3, 0.4) is 0 Å². The molecule has 0 aliphatic heterocycles. The van der Waals surface area contributed by atoms with E-state index in [2.05, 4.69) is 12.2 Å². The van der Waals surface area contributed by atoms with E-state index in [1.54, 1.807) is 11.8 Å². The number of nitrogens with one attached hydrogen (secondary N) is 1. The molecule has 0 fully saturated rings. The maximum absolute atomic E-state index is 11.0. The largest absolute Gasteiger partial charge is 0.480 e. The molecule has 0 aromatic heterocycles. The van der Waals surface area contributed by atoms with E-state index in [1.165, 1.54) is 51.4 Å². The summed E-state index contributed by atoms with van der Waals surface area (Å²) in [6.45, 7) is 6.73. The van der Waals surface area contributed by atoms with Crippen molar-refractivity contribution in [1.82, 2.24) is 10.2 Å². The van der Waals surface area contributed by atoms with E-state index in [0.29, 0.717) is 13.1 Å². The van der Waals surface area contributed by atoms with Crippen molar-refractivity contribution in [1.29, 1.82) is 0 Å². The lowest BCUT2D eigenvalue weighted by atomic mass is 10.1. The number of hydrogen-bond acceptors (Lipinski definition) is 4. The number of rotatable bonds is 16. The second-order valence-corrected chi connectivity index (χ2v) is 6.00. The first-order chi connectivity index (χ1) is 10.6. The molecule has 3 N–H and O–H groups in total. The highest BCUT2D eigenvalue weighted by molar-refractivity contribution is 5.72. The van der Waals surface area contributed by atoms with E-state index < -0.39 is 12.0 Å². The smallest absolute Gasteiger partial charge is 0.320 e. The van der Waals surface area contributed by atoms with Crippen LogP contribution in [0, 0.1) is 0 Å². The number of aliphatic hydroxyl groups excluding tert-OH is 1. The van der Waals surface area contributed by atoms with Crippen LogP contribution in [-0.4, -0.2) is 59.9 Å². The lowest BCUT2D eigenvalue weighted by Crippen LogP contribution is -2.44. The third kappa shape index (κ3) is 12.0. The van der Waals surface area contributed by atoms with Gasteiger partial charge in [0.2, 0.25) is 0 Å². The number of aliphatic hydroxyl groups is 1. The lowest BCUT2D eigenvalue weighted by Gasteiger charge is -2.25. The first kappa shape index (κ1) is 21.4. The van der Waals surface area contributed by atoms with E-state index >= 15 is 0 Å². The molecule has 0 rings (SSSR count). The third-order valence-electron chi connectivity index (χ3n) is 4.08. The van der Waals surface area contributed by atoms with Crippen LogP contribution >= 0.6 is 0 Å². The molecule has 0 aromatic rings. The first-order valence-electron chi connectivity index (χ1n) is 8.91. The number of carboxylic acids is 1. The van der Waals surface area contributed by atoms with Crippen molar-refractivity contribution in [3.63, 3.8) is 0 Å². The van der Waals surface area contributed by atoms with E-state index in [4.69, 9.17) is 10.2 Å². The van der Waals surface area contributed by atoms with Crippen molar-refractivity contribution in [3.05, 3.63) is 0 Å². The molecule has 0 radical (unpaired) electrons. The zero-order valence-electron chi connectivity index (χ0n) is 14.5. The summed E-state index contributed by atoms with van der Waals surface area (Å²) in [5.74, 6) is -0.837. The van der Waals surface area contributed by atoms with Crippen molar-refractivity contribution in [2.24, 2.45) is 0 Å². The fourth-order valence-corrected chi connectivity index (χ4v) is 2.52. The molecule has 0 aliphatic carbocycles. The van der Waals surface area contributed by atoms with Crippen LogP contribution in [0.5, 0.6) is 0 Å². The summed E-state index contributed by atoms with van der Waals surface area (Å²) in [6.07, 6.45) is 10.5. The molecule has 5 nitrogen and oxygen atoms in total. The minimum absolute atomic E-state index is 0.00431. The van der Waals surface area contributed by atoms with Gasteiger partial charge in [0.15, 0.2) is 0 Å². The molecular weight excluding hydrogens is 280 g/mol. The molecule has 22 heavy (non-hydrogen) atoms. The summed E-state index contributed by atoms with van der Waals surface area (Å²) in [4.78, 5) is 12.8. The maximum atomic E-state index is 11.0. The predicted molar refractivity (Wildman–Crippen MR) is 91.2 cm³/mol. The Balaban J connectivity index is 3.48. The summed E-state index contributed by atoms with van der Waals surface area (Å²) >= 11 is 0. The molecule has 0 bridgehead atoms. The SMILES string of the molecule is CCCCCCCCCCNCCN(CCO)C(C)C(=O)O. The van der Waals surface area contributed by atoms with Gasteiger partial charge in [0.05, 0.1) is 6.61 Å². The van der Waals surface area contributed by atoms with E-state index in [1.807, 2.05) is 0 Å². The average Bonchev–Trinajstić information content (AvgIpc) is 2.50. The number of aliphatic carboxylic acids is 1. The number of unbranched alkanes of at least 4 members (excludes halogenated alkanes) is 7. The molecule has 0 spiro atoms. The summed E-state index contributed by atoms with van der Waals surface area (Å²) in [7, 11) is 0. The van der Waals surface area contributed by atoms with Crippen LogP contribution in [0.15, 0.2) is 0 Å². The molecule has 1 atom stereocenters. The number of carbonyl (C=O) groups is 1. The molecule has 1 unspecified atom stereocenters. The van der Waals surface area contributed by atoms with Crippen molar-refractivity contribution < 1.29 is 15.0 Å². The van der Waals surface area contributed by atoms with E-state index in [9.17, 15) is 4.79 Å². The molecule has 0 aliphatic rings. The van der Waals surface area contributed by atoms with Gasteiger partial charge in [0, 0.05) is 19.6 Å². The van der Waals surface area contributed by atoms with Crippen LogP contribution in [0.2, 0.25) is 0 Å². The Morgan fingerprint density at radius 3 is 2.14 bits per heavy atom. The molecular formula is C17H36N2O3. The maximum Gasteiger partial charge on any atom is 0.320 e. The topological polar surface area (TPSA) is 72.8 Å². The Kier molecular flexibility index (Phi) is 14.8. The minimum Gasteiger partial charge on any atom is -0.480 e. The fraction of sp³-hybridized carbons (Fsp3) is 0.941. The number of hydrogen-bond donors (Lipinski definition) is 3. The first-order valence-corrected chi connectivity index (χ1v) is 8.91. The van der Waals surface area contributed by atoms with E-state index in [-0.39, 0.29) is 6.61 Å². The van der Waals surface area contributed by atoms with Gasteiger partial charge in [-0.25, -0.2) is 0 Å². The Morgan fingerprint density at radius 1 is 1.00 bits per heavy atom. The third-order valence-corrected chi connectivity index (χ3v) is 4.08. The summed E-state index contributed by atoms with van der Waals surface area (Å²) < 4.78 is 0. The highest BCUT2D eigenvalue weighted by Gasteiger charge is 2.19. The molecule has 0 saturated carbocycles. The quantitative estimate of drug-likeness (QED) is 0.382.